The van der Waals surface area contributed by atoms with Crippen LogP contribution in [0.1, 0.15) is 52.4 Å². The monoisotopic (exact) mass is 282 g/mol. The van der Waals surface area contributed by atoms with Crippen LogP contribution >= 0.6 is 0 Å². The molecule has 2 atom stereocenters. The van der Waals surface area contributed by atoms with Crippen molar-refractivity contribution in [2.75, 3.05) is 13.7 Å². The molecule has 0 spiro atoms. The number of nitrogens with one attached hydrogen (secondary N) is 1. The van der Waals surface area contributed by atoms with E-state index in [0.29, 0.717) is 12.8 Å². The topological polar surface area (TPSA) is 58.6 Å². The van der Waals surface area contributed by atoms with E-state index in [0.717, 1.165) is 25.7 Å². The maximum Gasteiger partial charge on any atom is 0.246 e. The van der Waals surface area contributed by atoms with Gasteiger partial charge >= 0.3 is 0 Å². The highest BCUT2D eigenvalue weighted by Gasteiger charge is 2.50. The third kappa shape index (κ3) is 2.43. The van der Waals surface area contributed by atoms with Crippen molar-refractivity contribution in [3.63, 3.8) is 0 Å². The van der Waals surface area contributed by atoms with Gasteiger partial charge in [0.1, 0.15) is 5.54 Å². The van der Waals surface area contributed by atoms with Gasteiger partial charge in [-0.2, -0.15) is 0 Å². The molecule has 0 radical (unpaired) electrons. The molecule has 2 amide bonds. The Kier molecular flexibility index (Phi) is 4.68. The Morgan fingerprint density at radius 2 is 2.00 bits per heavy atom. The number of hydrogen-bond acceptors (Lipinski definition) is 3. The fourth-order valence-corrected chi connectivity index (χ4v) is 3.79. The number of piperazine rings is 1. The molecule has 1 saturated heterocycles. The summed E-state index contributed by atoms with van der Waals surface area (Å²) < 4.78 is 5.47. The van der Waals surface area contributed by atoms with Gasteiger partial charge in [0.25, 0.3) is 0 Å². The lowest BCUT2D eigenvalue weighted by molar-refractivity contribution is -0.160. The number of carbonyl (C=O) groups excluding carboxylic acids is 2. The van der Waals surface area contributed by atoms with Crippen molar-refractivity contribution >= 4 is 11.8 Å². The zero-order chi connectivity index (χ0) is 14.8. The van der Waals surface area contributed by atoms with Crippen molar-refractivity contribution in [1.82, 2.24) is 10.2 Å². The normalized spacial score (nSPS) is 30.2. The van der Waals surface area contributed by atoms with Crippen LogP contribution < -0.4 is 5.32 Å². The number of carbonyl (C=O) groups is 2. The molecule has 0 aromatic rings. The molecule has 1 aliphatic heterocycles. The predicted molar refractivity (Wildman–Crippen MR) is 76.2 cm³/mol. The van der Waals surface area contributed by atoms with Gasteiger partial charge in [-0.15, -0.1) is 0 Å². The number of rotatable bonds is 4. The van der Waals surface area contributed by atoms with Crippen LogP contribution in [-0.2, 0) is 14.3 Å². The highest BCUT2D eigenvalue weighted by atomic mass is 16.5. The van der Waals surface area contributed by atoms with E-state index in [-0.39, 0.29) is 30.5 Å². The molecule has 2 aliphatic rings. The Balaban J connectivity index is 2.28. The van der Waals surface area contributed by atoms with E-state index < -0.39 is 5.54 Å². The third-order valence-corrected chi connectivity index (χ3v) is 5.02. The van der Waals surface area contributed by atoms with E-state index in [9.17, 15) is 9.59 Å². The minimum absolute atomic E-state index is 0.00152. The van der Waals surface area contributed by atoms with Gasteiger partial charge < -0.3 is 15.0 Å². The summed E-state index contributed by atoms with van der Waals surface area (Å²) in [6, 6.07) is 0.132. The van der Waals surface area contributed by atoms with Crippen molar-refractivity contribution in [2.45, 2.75) is 70.1 Å². The summed E-state index contributed by atoms with van der Waals surface area (Å²) in [6.45, 7) is 4.12. The van der Waals surface area contributed by atoms with Crippen molar-refractivity contribution in [1.29, 1.82) is 0 Å². The molecule has 20 heavy (non-hydrogen) atoms. The van der Waals surface area contributed by atoms with Crippen LogP contribution in [0, 0.1) is 0 Å². The first-order valence-corrected chi connectivity index (χ1v) is 7.72. The second-order valence-electron chi connectivity index (χ2n) is 5.86. The molecule has 0 aromatic heterocycles. The van der Waals surface area contributed by atoms with Gasteiger partial charge in [0.05, 0.1) is 12.6 Å². The Labute approximate surface area is 121 Å². The van der Waals surface area contributed by atoms with E-state index in [4.69, 9.17) is 4.74 Å². The quantitative estimate of drug-likeness (QED) is 0.849. The lowest BCUT2D eigenvalue weighted by Crippen LogP contribution is -2.69. The van der Waals surface area contributed by atoms with Gasteiger partial charge in [0.15, 0.2) is 0 Å². The third-order valence-electron chi connectivity index (χ3n) is 5.02. The fourth-order valence-electron chi connectivity index (χ4n) is 3.79. The molecular weight excluding hydrogens is 256 g/mol. The van der Waals surface area contributed by atoms with E-state index in [1.165, 1.54) is 0 Å². The number of amides is 2. The largest absolute Gasteiger partial charge is 0.381 e. The Morgan fingerprint density at radius 1 is 1.30 bits per heavy atom. The predicted octanol–water partition coefficient (Wildman–Crippen LogP) is 1.46. The minimum Gasteiger partial charge on any atom is -0.381 e. The van der Waals surface area contributed by atoms with Gasteiger partial charge in [-0.1, -0.05) is 13.8 Å². The minimum atomic E-state index is -0.671. The van der Waals surface area contributed by atoms with Gasteiger partial charge in [-0.05, 0) is 38.5 Å². The van der Waals surface area contributed by atoms with Crippen molar-refractivity contribution in [2.24, 2.45) is 0 Å². The second kappa shape index (κ2) is 6.12. The van der Waals surface area contributed by atoms with Crippen molar-refractivity contribution in [3.05, 3.63) is 0 Å². The lowest BCUT2D eigenvalue weighted by atomic mass is 9.82. The van der Waals surface area contributed by atoms with E-state index >= 15 is 0 Å². The first-order chi connectivity index (χ1) is 9.58. The summed E-state index contributed by atoms with van der Waals surface area (Å²) >= 11 is 0. The molecular formula is C15H26N2O3. The molecule has 114 valence electrons. The fraction of sp³-hybridized carbons (Fsp3) is 0.867. The molecule has 0 bridgehead atoms. The van der Waals surface area contributed by atoms with Crippen LogP contribution in [0.2, 0.25) is 0 Å². The highest BCUT2D eigenvalue weighted by Crippen LogP contribution is 2.35. The van der Waals surface area contributed by atoms with E-state index in [2.05, 4.69) is 5.32 Å². The van der Waals surface area contributed by atoms with E-state index in [1.54, 1.807) is 7.11 Å². The summed E-state index contributed by atoms with van der Waals surface area (Å²) in [5, 5.41) is 2.76. The highest BCUT2D eigenvalue weighted by molar-refractivity contribution is 5.98. The van der Waals surface area contributed by atoms with Gasteiger partial charge in [-0.3, -0.25) is 9.59 Å². The van der Waals surface area contributed by atoms with Crippen molar-refractivity contribution < 1.29 is 14.3 Å². The molecule has 2 unspecified atom stereocenters. The average Bonchev–Trinajstić information content (AvgIpc) is 2.49. The molecule has 1 aliphatic carbocycles. The molecule has 1 N–H and O–H groups in total. The number of nitrogens with zero attached hydrogens (tertiary/aromatic N) is 1. The van der Waals surface area contributed by atoms with Crippen LogP contribution in [-0.4, -0.2) is 48.1 Å². The molecule has 1 saturated carbocycles. The second-order valence-corrected chi connectivity index (χ2v) is 5.86. The van der Waals surface area contributed by atoms with Crippen LogP contribution in [0.15, 0.2) is 0 Å². The standard InChI is InChI=1S/C15H26N2O3/c1-4-15(5-2)14(19)16-10-13(18)17(15)11-7-6-8-12(9-11)20-3/h11-12H,4-10H2,1-3H3,(H,16,19). The summed E-state index contributed by atoms with van der Waals surface area (Å²) in [4.78, 5) is 26.7. The zero-order valence-electron chi connectivity index (χ0n) is 12.8. The number of methoxy groups -OCH3 is 1. The summed E-state index contributed by atoms with van der Waals surface area (Å²) in [7, 11) is 1.73. The summed E-state index contributed by atoms with van der Waals surface area (Å²) in [5.74, 6) is 0.0525. The average molecular weight is 282 g/mol. The Morgan fingerprint density at radius 3 is 2.60 bits per heavy atom. The summed E-state index contributed by atoms with van der Waals surface area (Å²) in [5.41, 5.74) is -0.671. The van der Waals surface area contributed by atoms with Crippen LogP contribution in [0.5, 0.6) is 0 Å². The van der Waals surface area contributed by atoms with Crippen LogP contribution in [0.4, 0.5) is 0 Å². The molecule has 5 nitrogen and oxygen atoms in total. The number of ether oxygens (including phenoxy) is 1. The van der Waals surface area contributed by atoms with Crippen LogP contribution in [0.25, 0.3) is 0 Å². The first kappa shape index (κ1) is 15.3. The SMILES string of the molecule is CCC1(CC)C(=O)NCC(=O)N1C1CCCC(OC)C1. The maximum absolute atomic E-state index is 12.4. The molecule has 0 aromatic carbocycles. The van der Waals surface area contributed by atoms with Gasteiger partial charge in [0.2, 0.25) is 11.8 Å². The zero-order valence-corrected chi connectivity index (χ0v) is 12.8. The lowest BCUT2D eigenvalue weighted by Gasteiger charge is -2.50. The van der Waals surface area contributed by atoms with E-state index in [1.807, 2.05) is 18.7 Å². The van der Waals surface area contributed by atoms with Crippen molar-refractivity contribution in [3.8, 4) is 0 Å². The molecule has 5 heteroatoms. The maximum atomic E-state index is 12.4. The van der Waals surface area contributed by atoms with Gasteiger partial charge in [-0.25, -0.2) is 0 Å². The molecule has 2 rings (SSSR count). The molecule has 1 heterocycles. The Bertz CT molecular complexity index is 379. The number of hydrogen-bond donors (Lipinski definition) is 1. The first-order valence-electron chi connectivity index (χ1n) is 7.72. The summed E-state index contributed by atoms with van der Waals surface area (Å²) in [6.07, 6.45) is 5.45. The smallest absolute Gasteiger partial charge is 0.246 e. The van der Waals surface area contributed by atoms with Crippen LogP contribution in [0.3, 0.4) is 0 Å². The molecule has 2 fully saturated rings. The Hall–Kier alpha value is -1.10. The van der Waals surface area contributed by atoms with Gasteiger partial charge in [0, 0.05) is 13.2 Å².